The van der Waals surface area contributed by atoms with Gasteiger partial charge in [-0.3, -0.25) is 9.40 Å². The molecule has 21 heavy (non-hydrogen) atoms. The molecule has 1 aromatic heterocycles. The van der Waals surface area contributed by atoms with E-state index in [1.165, 1.54) is 4.68 Å². The molecule has 0 radical (unpaired) electrons. The first kappa shape index (κ1) is 15.2. The SMILES string of the molecule is Cc1nn(C)c(C)c1NS(=O)(=O)c1cc(N)cc(F)c1F. The Balaban J connectivity index is 2.54. The van der Waals surface area contributed by atoms with Crippen LogP contribution < -0.4 is 10.5 Å². The molecule has 0 unspecified atom stereocenters. The maximum Gasteiger partial charge on any atom is 0.265 e. The fourth-order valence-electron chi connectivity index (χ4n) is 1.89. The molecule has 9 heteroatoms. The number of aromatic nitrogens is 2. The Bertz CT molecular complexity index is 815. The van der Waals surface area contributed by atoms with Gasteiger partial charge in [0.15, 0.2) is 11.6 Å². The first-order chi connectivity index (χ1) is 9.63. The van der Waals surface area contributed by atoms with Crippen LogP contribution in [-0.4, -0.2) is 18.2 Å². The van der Waals surface area contributed by atoms with Crippen molar-refractivity contribution in [2.45, 2.75) is 18.7 Å². The molecular formula is C12H14F2N4O2S. The van der Waals surface area contributed by atoms with Crippen LogP contribution in [0.1, 0.15) is 11.4 Å². The normalized spacial score (nSPS) is 11.7. The highest BCUT2D eigenvalue weighted by atomic mass is 32.2. The summed E-state index contributed by atoms with van der Waals surface area (Å²) < 4.78 is 55.2. The van der Waals surface area contributed by atoms with E-state index in [0.29, 0.717) is 11.4 Å². The number of hydrogen-bond acceptors (Lipinski definition) is 4. The van der Waals surface area contributed by atoms with Gasteiger partial charge in [0.25, 0.3) is 10.0 Å². The molecule has 2 rings (SSSR count). The molecular weight excluding hydrogens is 302 g/mol. The number of nitrogens with two attached hydrogens (primary N) is 1. The maximum atomic E-state index is 13.7. The molecule has 0 bridgehead atoms. The second kappa shape index (κ2) is 4.99. The smallest absolute Gasteiger partial charge is 0.265 e. The summed E-state index contributed by atoms with van der Waals surface area (Å²) in [4.78, 5) is -0.845. The summed E-state index contributed by atoms with van der Waals surface area (Å²) >= 11 is 0. The molecule has 6 nitrogen and oxygen atoms in total. The number of aryl methyl sites for hydroxylation is 2. The molecule has 0 fully saturated rings. The number of hydrogen-bond donors (Lipinski definition) is 2. The predicted octanol–water partition coefficient (Wildman–Crippen LogP) is 1.70. The van der Waals surface area contributed by atoms with Gasteiger partial charge in [-0.1, -0.05) is 0 Å². The average molecular weight is 316 g/mol. The Kier molecular flexibility index (Phi) is 3.62. The van der Waals surface area contributed by atoms with E-state index in [1.54, 1.807) is 20.9 Å². The van der Waals surface area contributed by atoms with E-state index < -0.39 is 26.6 Å². The topological polar surface area (TPSA) is 90.0 Å². The van der Waals surface area contributed by atoms with E-state index in [9.17, 15) is 17.2 Å². The summed E-state index contributed by atoms with van der Waals surface area (Å²) in [6, 6.07) is 1.58. The van der Waals surface area contributed by atoms with Crippen LogP contribution in [0.3, 0.4) is 0 Å². The van der Waals surface area contributed by atoms with Crippen molar-refractivity contribution in [3.63, 3.8) is 0 Å². The van der Waals surface area contributed by atoms with E-state index >= 15 is 0 Å². The van der Waals surface area contributed by atoms with Crippen LogP contribution in [0.2, 0.25) is 0 Å². The number of sulfonamides is 1. The second-order valence-corrected chi connectivity index (χ2v) is 6.24. The predicted molar refractivity (Wildman–Crippen MR) is 74.3 cm³/mol. The van der Waals surface area contributed by atoms with Crippen LogP contribution in [0, 0.1) is 25.5 Å². The molecule has 0 aliphatic rings. The lowest BCUT2D eigenvalue weighted by Gasteiger charge is -2.10. The molecule has 2 aromatic rings. The van der Waals surface area contributed by atoms with Gasteiger partial charge in [0.05, 0.1) is 17.1 Å². The number of anilines is 2. The summed E-state index contributed by atoms with van der Waals surface area (Å²) in [6.07, 6.45) is 0. The molecule has 0 amide bonds. The molecule has 114 valence electrons. The van der Waals surface area contributed by atoms with Crippen molar-refractivity contribution in [2.75, 3.05) is 10.5 Å². The van der Waals surface area contributed by atoms with Gasteiger partial charge in [0.2, 0.25) is 0 Å². The first-order valence-corrected chi connectivity index (χ1v) is 7.39. The average Bonchev–Trinajstić information content (AvgIpc) is 2.60. The van der Waals surface area contributed by atoms with Crippen molar-refractivity contribution in [2.24, 2.45) is 7.05 Å². The summed E-state index contributed by atoms with van der Waals surface area (Å²) in [5.41, 5.74) is 6.36. The van der Waals surface area contributed by atoms with Gasteiger partial charge < -0.3 is 5.73 Å². The van der Waals surface area contributed by atoms with Crippen molar-refractivity contribution < 1.29 is 17.2 Å². The second-order valence-electron chi connectivity index (χ2n) is 4.59. The first-order valence-electron chi connectivity index (χ1n) is 5.91. The maximum absolute atomic E-state index is 13.7. The van der Waals surface area contributed by atoms with Gasteiger partial charge >= 0.3 is 0 Å². The van der Waals surface area contributed by atoms with Crippen LogP contribution in [-0.2, 0) is 17.1 Å². The van der Waals surface area contributed by atoms with Crippen molar-refractivity contribution in [1.29, 1.82) is 0 Å². The lowest BCUT2D eigenvalue weighted by Crippen LogP contribution is -2.17. The molecule has 0 atom stereocenters. The number of benzene rings is 1. The fraction of sp³-hybridized carbons (Fsp3) is 0.250. The standard InChI is InChI=1S/C12H14F2N4O2S/c1-6-12(7(2)18(3)16-6)17-21(19,20)10-5-8(15)4-9(13)11(10)14/h4-5,17H,15H2,1-3H3. The molecule has 0 aliphatic carbocycles. The number of nitrogen functional groups attached to an aromatic ring is 1. The molecule has 1 aromatic carbocycles. The molecule has 0 spiro atoms. The Morgan fingerprint density at radius 3 is 2.43 bits per heavy atom. The minimum Gasteiger partial charge on any atom is -0.399 e. The highest BCUT2D eigenvalue weighted by Gasteiger charge is 2.25. The molecule has 0 aliphatic heterocycles. The lowest BCUT2D eigenvalue weighted by molar-refractivity contribution is 0.486. The molecule has 1 heterocycles. The summed E-state index contributed by atoms with van der Waals surface area (Å²) in [6.45, 7) is 3.25. The summed E-state index contributed by atoms with van der Waals surface area (Å²) in [5, 5.41) is 4.04. The van der Waals surface area contributed by atoms with Crippen molar-refractivity contribution >= 4 is 21.4 Å². The Morgan fingerprint density at radius 1 is 1.29 bits per heavy atom. The zero-order valence-electron chi connectivity index (χ0n) is 11.6. The zero-order valence-corrected chi connectivity index (χ0v) is 12.4. The van der Waals surface area contributed by atoms with Crippen LogP contribution in [0.15, 0.2) is 17.0 Å². The minimum atomic E-state index is -4.32. The van der Waals surface area contributed by atoms with Crippen LogP contribution in [0.4, 0.5) is 20.2 Å². The van der Waals surface area contributed by atoms with Gasteiger partial charge in [-0.25, -0.2) is 17.2 Å². The van der Waals surface area contributed by atoms with E-state index in [4.69, 9.17) is 5.73 Å². The molecule has 3 N–H and O–H groups in total. The molecule has 0 saturated carbocycles. The van der Waals surface area contributed by atoms with Gasteiger partial charge in [0.1, 0.15) is 4.90 Å². The number of halogens is 2. The van der Waals surface area contributed by atoms with Gasteiger partial charge in [-0.05, 0) is 26.0 Å². The van der Waals surface area contributed by atoms with Crippen molar-refractivity contribution in [3.05, 3.63) is 35.2 Å². The van der Waals surface area contributed by atoms with Crippen LogP contribution in [0.25, 0.3) is 0 Å². The Morgan fingerprint density at radius 2 is 1.90 bits per heavy atom. The highest BCUT2D eigenvalue weighted by molar-refractivity contribution is 7.92. The van der Waals surface area contributed by atoms with E-state index in [-0.39, 0.29) is 11.4 Å². The van der Waals surface area contributed by atoms with E-state index in [2.05, 4.69) is 9.82 Å². The van der Waals surface area contributed by atoms with Crippen LogP contribution >= 0.6 is 0 Å². The third-order valence-corrected chi connectivity index (χ3v) is 4.40. The third kappa shape index (κ3) is 2.68. The van der Waals surface area contributed by atoms with E-state index in [0.717, 1.165) is 12.1 Å². The fourth-order valence-corrected chi connectivity index (χ4v) is 3.19. The number of nitrogens with zero attached hydrogens (tertiary/aromatic N) is 2. The summed E-state index contributed by atoms with van der Waals surface area (Å²) in [5.74, 6) is -2.80. The third-order valence-electron chi connectivity index (χ3n) is 3.05. The molecule has 0 saturated heterocycles. The lowest BCUT2D eigenvalue weighted by atomic mass is 10.3. The minimum absolute atomic E-state index is 0.186. The van der Waals surface area contributed by atoms with Crippen LogP contribution in [0.5, 0.6) is 0 Å². The zero-order chi connectivity index (χ0) is 15.9. The quantitative estimate of drug-likeness (QED) is 0.843. The monoisotopic (exact) mass is 316 g/mol. The summed E-state index contributed by atoms with van der Waals surface area (Å²) in [7, 11) is -2.68. The number of rotatable bonds is 3. The number of nitrogens with one attached hydrogen (secondary N) is 1. The van der Waals surface area contributed by atoms with Gasteiger partial charge in [0, 0.05) is 12.7 Å². The van der Waals surface area contributed by atoms with E-state index in [1.807, 2.05) is 0 Å². The van der Waals surface area contributed by atoms with Crippen molar-refractivity contribution in [1.82, 2.24) is 9.78 Å². The van der Waals surface area contributed by atoms with Gasteiger partial charge in [-0.2, -0.15) is 5.10 Å². The Hall–Kier alpha value is -2.16. The van der Waals surface area contributed by atoms with Gasteiger partial charge in [-0.15, -0.1) is 0 Å². The highest BCUT2D eigenvalue weighted by Crippen LogP contribution is 2.26. The largest absolute Gasteiger partial charge is 0.399 e. The Labute approximate surface area is 120 Å². The van der Waals surface area contributed by atoms with Crippen molar-refractivity contribution in [3.8, 4) is 0 Å².